The summed E-state index contributed by atoms with van der Waals surface area (Å²) in [5.74, 6) is 0. The molecule has 0 aliphatic rings. The molecule has 3 N–H and O–H groups in total. The van der Waals surface area contributed by atoms with Gasteiger partial charge in [-0.15, -0.1) is 0 Å². The van der Waals surface area contributed by atoms with Gasteiger partial charge >= 0.3 is 0 Å². The number of nitrogens with zero attached hydrogens (tertiary/aromatic N) is 1. The van der Waals surface area contributed by atoms with Crippen LogP contribution < -0.4 is 11.1 Å². The summed E-state index contributed by atoms with van der Waals surface area (Å²) in [5.41, 5.74) is 9.77. The minimum atomic E-state index is 0.424. The molecule has 0 aliphatic heterocycles. The molecule has 0 atom stereocenters. The number of para-hydroxylation sites is 1. The van der Waals surface area contributed by atoms with E-state index in [0.717, 1.165) is 11.3 Å². The van der Waals surface area contributed by atoms with Gasteiger partial charge in [-0.25, -0.2) is 0 Å². The Morgan fingerprint density at radius 1 is 1.25 bits per heavy atom. The van der Waals surface area contributed by atoms with Crippen molar-refractivity contribution < 1.29 is 9.15 Å². The van der Waals surface area contributed by atoms with Crippen LogP contribution in [0.2, 0.25) is 0 Å². The summed E-state index contributed by atoms with van der Waals surface area (Å²) >= 11 is 0. The highest BCUT2D eigenvalue weighted by atomic mass is 16.5. The number of nitrogens with one attached hydrogen (secondary N) is 1. The zero-order valence-electron chi connectivity index (χ0n) is 11.1. The number of aromatic nitrogens is 1. The van der Waals surface area contributed by atoms with Crippen LogP contribution in [0, 0.1) is 0 Å². The number of anilines is 3. The number of hydrogen-bond donors (Lipinski definition) is 2. The van der Waals surface area contributed by atoms with Crippen molar-refractivity contribution in [2.24, 2.45) is 0 Å². The lowest BCUT2D eigenvalue weighted by Crippen LogP contribution is -1.93. The van der Waals surface area contributed by atoms with Crippen molar-refractivity contribution in [2.75, 3.05) is 18.2 Å². The number of nitrogen functional groups attached to an aromatic ring is 1. The molecule has 5 heteroatoms. The molecule has 0 fully saturated rings. The molecule has 1 aromatic heterocycles. The fourth-order valence-electron chi connectivity index (χ4n) is 2.05. The second-order valence-corrected chi connectivity index (χ2v) is 4.47. The van der Waals surface area contributed by atoms with E-state index in [2.05, 4.69) is 10.3 Å². The number of fused-ring (bicyclic) bond motifs is 1. The lowest BCUT2D eigenvalue weighted by Gasteiger charge is -2.04. The van der Waals surface area contributed by atoms with Crippen LogP contribution in [-0.4, -0.2) is 12.1 Å². The van der Waals surface area contributed by atoms with Gasteiger partial charge in [0.2, 0.25) is 0 Å². The molecule has 102 valence electrons. The van der Waals surface area contributed by atoms with Gasteiger partial charge in [-0.3, -0.25) is 0 Å². The first-order valence-electron chi connectivity index (χ1n) is 6.26. The van der Waals surface area contributed by atoms with E-state index >= 15 is 0 Å². The molecule has 0 saturated heterocycles. The maximum absolute atomic E-state index is 5.86. The van der Waals surface area contributed by atoms with Crippen LogP contribution >= 0.6 is 0 Å². The van der Waals surface area contributed by atoms with E-state index < -0.39 is 0 Å². The first-order chi connectivity index (χ1) is 9.76. The van der Waals surface area contributed by atoms with Crippen LogP contribution in [0.15, 0.2) is 46.9 Å². The highest BCUT2D eigenvalue weighted by Gasteiger charge is 2.08. The normalized spacial score (nSPS) is 10.8. The van der Waals surface area contributed by atoms with Gasteiger partial charge in [0.1, 0.15) is 5.52 Å². The molecule has 0 aliphatic carbocycles. The topological polar surface area (TPSA) is 73.3 Å². The predicted molar refractivity (Wildman–Crippen MR) is 78.9 cm³/mol. The zero-order valence-corrected chi connectivity index (χ0v) is 11.1. The Labute approximate surface area is 116 Å². The Hall–Kier alpha value is -2.53. The van der Waals surface area contributed by atoms with Crippen LogP contribution in [0.3, 0.4) is 0 Å². The van der Waals surface area contributed by atoms with Crippen molar-refractivity contribution in [1.82, 2.24) is 4.98 Å². The molecule has 5 nitrogen and oxygen atoms in total. The molecule has 0 radical (unpaired) electrons. The van der Waals surface area contributed by atoms with Crippen molar-refractivity contribution >= 4 is 28.5 Å². The maximum Gasteiger partial charge on any atom is 0.300 e. The summed E-state index contributed by atoms with van der Waals surface area (Å²) in [6, 6.07) is 13.8. The minimum absolute atomic E-state index is 0.424. The van der Waals surface area contributed by atoms with E-state index in [0.29, 0.717) is 29.4 Å². The van der Waals surface area contributed by atoms with Crippen LogP contribution in [0.25, 0.3) is 11.1 Å². The van der Waals surface area contributed by atoms with Crippen LogP contribution in [0.4, 0.5) is 17.4 Å². The van der Waals surface area contributed by atoms with E-state index in [4.69, 9.17) is 14.9 Å². The van der Waals surface area contributed by atoms with Crippen molar-refractivity contribution in [2.45, 2.75) is 6.61 Å². The Morgan fingerprint density at radius 3 is 2.90 bits per heavy atom. The summed E-state index contributed by atoms with van der Waals surface area (Å²) in [5, 5.41) is 3.13. The fraction of sp³-hybridized carbons (Fsp3) is 0.133. The number of hydrogen-bond acceptors (Lipinski definition) is 5. The third-order valence-corrected chi connectivity index (χ3v) is 2.94. The van der Waals surface area contributed by atoms with Crippen molar-refractivity contribution in [3.8, 4) is 0 Å². The third kappa shape index (κ3) is 2.44. The second kappa shape index (κ2) is 5.22. The summed E-state index contributed by atoms with van der Waals surface area (Å²) < 4.78 is 10.7. The van der Waals surface area contributed by atoms with Gasteiger partial charge in [-0.1, -0.05) is 18.2 Å². The van der Waals surface area contributed by atoms with Gasteiger partial charge in [-0.2, -0.15) is 4.98 Å². The lowest BCUT2D eigenvalue weighted by atomic mass is 10.2. The molecule has 0 unspecified atom stereocenters. The summed E-state index contributed by atoms with van der Waals surface area (Å²) in [6.45, 7) is 0.566. The molecule has 20 heavy (non-hydrogen) atoms. The van der Waals surface area contributed by atoms with Crippen molar-refractivity contribution in [3.05, 3.63) is 48.0 Å². The molecule has 0 amide bonds. The van der Waals surface area contributed by atoms with Crippen molar-refractivity contribution in [1.29, 1.82) is 0 Å². The number of benzene rings is 2. The highest BCUT2D eigenvalue weighted by molar-refractivity contribution is 5.86. The number of methoxy groups -OCH3 is 1. The third-order valence-electron chi connectivity index (χ3n) is 2.94. The Bertz CT molecular complexity index is 737. The Morgan fingerprint density at radius 2 is 2.10 bits per heavy atom. The van der Waals surface area contributed by atoms with E-state index in [1.54, 1.807) is 13.2 Å². The molecule has 2 aromatic carbocycles. The molecular formula is C15H15N3O2. The van der Waals surface area contributed by atoms with Crippen molar-refractivity contribution in [3.63, 3.8) is 0 Å². The standard InChI is InChI=1S/C15H15N3O2/c1-19-9-10-4-2-5-11(8-10)17-15-18-14-12(16)6-3-7-13(14)20-15/h2-8H,9,16H2,1H3,(H,17,18). The van der Waals surface area contributed by atoms with Crippen LogP contribution in [-0.2, 0) is 11.3 Å². The number of nitrogens with two attached hydrogens (primary N) is 1. The largest absolute Gasteiger partial charge is 0.423 e. The quantitative estimate of drug-likeness (QED) is 0.711. The van der Waals surface area contributed by atoms with Crippen LogP contribution in [0.1, 0.15) is 5.56 Å². The zero-order chi connectivity index (χ0) is 13.9. The predicted octanol–water partition coefficient (Wildman–Crippen LogP) is 3.30. The smallest absolute Gasteiger partial charge is 0.300 e. The molecule has 1 heterocycles. The van der Waals surface area contributed by atoms with Gasteiger partial charge in [0, 0.05) is 12.8 Å². The first kappa shape index (κ1) is 12.5. The van der Waals surface area contributed by atoms with Gasteiger partial charge in [0.15, 0.2) is 5.58 Å². The monoisotopic (exact) mass is 269 g/mol. The van der Waals surface area contributed by atoms with Gasteiger partial charge in [0.05, 0.1) is 12.3 Å². The average molecular weight is 269 g/mol. The molecular weight excluding hydrogens is 254 g/mol. The number of oxazole rings is 1. The molecule has 3 rings (SSSR count). The summed E-state index contributed by atoms with van der Waals surface area (Å²) in [7, 11) is 1.67. The highest BCUT2D eigenvalue weighted by Crippen LogP contribution is 2.26. The Balaban J connectivity index is 1.89. The number of rotatable bonds is 4. The average Bonchev–Trinajstić information content (AvgIpc) is 2.83. The molecule has 0 spiro atoms. The van der Waals surface area contributed by atoms with Gasteiger partial charge in [0.25, 0.3) is 6.01 Å². The maximum atomic E-state index is 5.86. The molecule has 0 saturated carbocycles. The minimum Gasteiger partial charge on any atom is -0.423 e. The lowest BCUT2D eigenvalue weighted by molar-refractivity contribution is 0.185. The Kier molecular flexibility index (Phi) is 3.26. The van der Waals surface area contributed by atoms with Crippen LogP contribution in [0.5, 0.6) is 0 Å². The second-order valence-electron chi connectivity index (χ2n) is 4.47. The fourth-order valence-corrected chi connectivity index (χ4v) is 2.05. The van der Waals surface area contributed by atoms with Gasteiger partial charge in [-0.05, 0) is 29.8 Å². The number of ether oxygens (including phenoxy) is 1. The van der Waals surface area contributed by atoms with E-state index in [1.807, 2.05) is 36.4 Å². The van der Waals surface area contributed by atoms with E-state index in [1.165, 1.54) is 0 Å². The van der Waals surface area contributed by atoms with E-state index in [-0.39, 0.29) is 0 Å². The summed E-state index contributed by atoms with van der Waals surface area (Å²) in [4.78, 5) is 4.35. The summed E-state index contributed by atoms with van der Waals surface area (Å²) in [6.07, 6.45) is 0. The SMILES string of the molecule is COCc1cccc(Nc2nc3c(N)cccc3o2)c1. The molecule has 0 bridgehead atoms. The van der Waals surface area contributed by atoms with E-state index in [9.17, 15) is 0 Å². The van der Waals surface area contributed by atoms with Gasteiger partial charge < -0.3 is 20.2 Å². The first-order valence-corrected chi connectivity index (χ1v) is 6.26. The molecule has 3 aromatic rings.